The van der Waals surface area contributed by atoms with Crippen molar-refractivity contribution in [3.05, 3.63) is 11.6 Å². The molecule has 0 aliphatic heterocycles. The normalized spacial score (nSPS) is 48.8. The smallest absolute Gasteiger partial charge is 0.312 e. The monoisotopic (exact) mass is 570 g/mol. The third kappa shape index (κ3) is 4.18. The van der Waals surface area contributed by atoms with Crippen LogP contribution in [0.2, 0.25) is 0 Å². The summed E-state index contributed by atoms with van der Waals surface area (Å²) in [5.74, 6) is 1.43. The predicted molar refractivity (Wildman–Crippen MR) is 157 cm³/mol. The molecule has 6 nitrogen and oxygen atoms in total. The van der Waals surface area contributed by atoms with E-state index in [0.29, 0.717) is 17.8 Å². The first-order valence-corrected chi connectivity index (χ1v) is 16.2. The molecule has 0 spiro atoms. The molecule has 0 radical (unpaired) electrons. The summed E-state index contributed by atoms with van der Waals surface area (Å²) in [6.07, 6.45) is 11.1. The minimum atomic E-state index is -0.434. The molecule has 4 saturated carbocycles. The number of hydrogen-bond acceptors (Lipinski definition) is 6. The number of carbonyl (C=O) groups is 3. The quantitative estimate of drug-likeness (QED) is 0.201. The van der Waals surface area contributed by atoms with Crippen molar-refractivity contribution in [3.63, 3.8) is 0 Å². The van der Waals surface area contributed by atoms with E-state index in [1.807, 2.05) is 0 Å². The minimum absolute atomic E-state index is 0.00261. The van der Waals surface area contributed by atoms with Crippen LogP contribution >= 0.6 is 0 Å². The second-order valence-corrected chi connectivity index (χ2v) is 15.7. The first-order chi connectivity index (χ1) is 19.1. The number of esters is 3. The van der Waals surface area contributed by atoms with E-state index in [4.69, 9.17) is 14.2 Å². The topological polar surface area (TPSA) is 78.9 Å². The Morgan fingerprint density at radius 3 is 2.22 bits per heavy atom. The van der Waals surface area contributed by atoms with Crippen LogP contribution < -0.4 is 0 Å². The zero-order chi connectivity index (χ0) is 30.2. The number of fused-ring (bicyclic) bond motifs is 7. The van der Waals surface area contributed by atoms with Gasteiger partial charge in [0.25, 0.3) is 0 Å². The molecule has 0 N–H and O–H groups in total. The van der Waals surface area contributed by atoms with Crippen LogP contribution in [0.3, 0.4) is 0 Å². The number of rotatable bonds is 4. The van der Waals surface area contributed by atoms with Crippen LogP contribution in [0.5, 0.6) is 0 Å². The third-order valence-electron chi connectivity index (χ3n) is 14.2. The molecule has 0 heterocycles. The molecule has 41 heavy (non-hydrogen) atoms. The minimum Gasteiger partial charge on any atom is -0.469 e. The average molecular weight is 571 g/mol. The Morgan fingerprint density at radius 1 is 0.878 bits per heavy atom. The number of methoxy groups -OCH3 is 1. The SMILES string of the molecule is COC(=O)[C@]12CC[C@@H](C)[C@H](C)[C@H]1C1=CC[C@@H]3[C@@]4(C)CC[C@H](OC(C)=O)[C@@](C)(COC(C)=O)[C@H]4CC[C@@]3(C)[C@]1(C)CC2. The lowest BCUT2D eigenvalue weighted by Crippen LogP contribution is -2.66. The molecule has 5 rings (SSSR count). The van der Waals surface area contributed by atoms with Gasteiger partial charge in [0.1, 0.15) is 12.7 Å². The number of ether oxygens (including phenoxy) is 3. The Kier molecular flexibility index (Phi) is 7.55. The maximum Gasteiger partial charge on any atom is 0.312 e. The number of hydrogen-bond donors (Lipinski definition) is 0. The molecule has 0 aromatic carbocycles. The summed E-state index contributed by atoms with van der Waals surface area (Å²) in [6, 6.07) is 0. The van der Waals surface area contributed by atoms with E-state index in [-0.39, 0.29) is 58.7 Å². The lowest BCUT2D eigenvalue weighted by atomic mass is 9.33. The maximum absolute atomic E-state index is 13.5. The molecule has 5 aliphatic carbocycles. The van der Waals surface area contributed by atoms with Gasteiger partial charge in [-0.3, -0.25) is 14.4 Å². The molecule has 0 aromatic rings. The van der Waals surface area contributed by atoms with Crippen LogP contribution in [0.15, 0.2) is 11.6 Å². The zero-order valence-corrected chi connectivity index (χ0v) is 27.1. The van der Waals surface area contributed by atoms with Crippen molar-refractivity contribution in [1.29, 1.82) is 0 Å². The molecule has 0 bridgehead atoms. The van der Waals surface area contributed by atoms with Gasteiger partial charge in [0.15, 0.2) is 0 Å². The Bertz CT molecular complexity index is 1130. The summed E-state index contributed by atoms with van der Waals surface area (Å²) in [4.78, 5) is 37.6. The Morgan fingerprint density at radius 2 is 1.59 bits per heavy atom. The van der Waals surface area contributed by atoms with Gasteiger partial charge in [-0.05, 0) is 104 Å². The van der Waals surface area contributed by atoms with Crippen molar-refractivity contribution >= 4 is 17.9 Å². The lowest BCUT2D eigenvalue weighted by Gasteiger charge is -2.71. The predicted octanol–water partition coefficient (Wildman–Crippen LogP) is 7.29. The van der Waals surface area contributed by atoms with Crippen molar-refractivity contribution in [2.24, 2.45) is 56.7 Å². The molecule has 0 amide bonds. The fraction of sp³-hybridized carbons (Fsp3) is 0.857. The van der Waals surface area contributed by atoms with Gasteiger partial charge in [-0.1, -0.05) is 53.2 Å². The van der Waals surface area contributed by atoms with Gasteiger partial charge >= 0.3 is 17.9 Å². The molecule has 0 unspecified atom stereocenters. The van der Waals surface area contributed by atoms with E-state index in [1.165, 1.54) is 19.4 Å². The lowest BCUT2D eigenvalue weighted by molar-refractivity contribution is -0.227. The molecule has 0 saturated heterocycles. The maximum atomic E-state index is 13.5. The van der Waals surface area contributed by atoms with E-state index in [2.05, 4.69) is 47.6 Å². The van der Waals surface area contributed by atoms with Crippen LogP contribution in [-0.2, 0) is 28.6 Å². The van der Waals surface area contributed by atoms with Crippen LogP contribution in [-0.4, -0.2) is 37.7 Å². The summed E-state index contributed by atoms with van der Waals surface area (Å²) < 4.78 is 17.2. The zero-order valence-electron chi connectivity index (χ0n) is 27.1. The van der Waals surface area contributed by atoms with Crippen molar-refractivity contribution < 1.29 is 28.6 Å². The standard InChI is InChI=1S/C35H54O6/c1-21-12-17-35(30(38)39-9)19-18-33(7)25(29(35)22(21)2)10-11-27-31(5)15-14-28(41-24(4)37)32(6,20-40-23(3)36)26(31)13-16-34(27,33)8/h10,21-22,26-29H,11-20H2,1-9H3/t21-,22+,26+,27-,28+,29+,31+,32+,33-,34-,35+/m1/s1. The van der Waals surface area contributed by atoms with Gasteiger partial charge in [0.05, 0.1) is 12.5 Å². The molecular formula is C35H54O6. The average Bonchev–Trinajstić information content (AvgIpc) is 2.91. The van der Waals surface area contributed by atoms with Gasteiger partial charge < -0.3 is 14.2 Å². The molecule has 11 atom stereocenters. The van der Waals surface area contributed by atoms with E-state index in [9.17, 15) is 14.4 Å². The van der Waals surface area contributed by atoms with Crippen LogP contribution in [0.4, 0.5) is 0 Å². The van der Waals surface area contributed by atoms with Crippen LogP contribution in [0, 0.1) is 56.7 Å². The van der Waals surface area contributed by atoms with E-state index in [1.54, 1.807) is 7.11 Å². The van der Waals surface area contributed by atoms with Crippen molar-refractivity contribution in [1.82, 2.24) is 0 Å². The molecule has 0 aromatic heterocycles. The summed E-state index contributed by atoms with van der Waals surface area (Å²) in [6.45, 7) is 17.7. The van der Waals surface area contributed by atoms with Gasteiger partial charge in [-0.2, -0.15) is 0 Å². The Balaban J connectivity index is 1.57. The molecule has 5 aliphatic rings. The van der Waals surface area contributed by atoms with Crippen LogP contribution in [0.1, 0.15) is 113 Å². The van der Waals surface area contributed by atoms with Crippen LogP contribution in [0.25, 0.3) is 0 Å². The summed E-state index contributed by atoms with van der Waals surface area (Å²) >= 11 is 0. The molecule has 230 valence electrons. The van der Waals surface area contributed by atoms with Gasteiger partial charge in [-0.25, -0.2) is 0 Å². The summed E-state index contributed by atoms with van der Waals surface area (Å²) in [5.41, 5.74) is 0.812. The highest BCUT2D eigenvalue weighted by Gasteiger charge is 2.70. The molecule has 6 heteroatoms. The number of carbonyl (C=O) groups excluding carboxylic acids is 3. The highest BCUT2D eigenvalue weighted by Crippen LogP contribution is 2.76. The van der Waals surface area contributed by atoms with E-state index in [0.717, 1.165) is 57.8 Å². The van der Waals surface area contributed by atoms with Gasteiger partial charge in [0, 0.05) is 19.3 Å². The summed E-state index contributed by atoms with van der Waals surface area (Å²) in [5, 5.41) is 0. The largest absolute Gasteiger partial charge is 0.469 e. The first-order valence-electron chi connectivity index (χ1n) is 16.2. The van der Waals surface area contributed by atoms with Crippen molar-refractivity contribution in [2.75, 3.05) is 13.7 Å². The van der Waals surface area contributed by atoms with Crippen molar-refractivity contribution in [3.8, 4) is 0 Å². The van der Waals surface area contributed by atoms with E-state index >= 15 is 0 Å². The Labute approximate surface area is 247 Å². The third-order valence-corrected chi connectivity index (χ3v) is 14.2. The molecule has 4 fully saturated rings. The van der Waals surface area contributed by atoms with Crippen molar-refractivity contribution in [2.45, 2.75) is 119 Å². The van der Waals surface area contributed by atoms with Gasteiger partial charge in [0.2, 0.25) is 0 Å². The molecular weight excluding hydrogens is 516 g/mol. The highest BCUT2D eigenvalue weighted by atomic mass is 16.6. The highest BCUT2D eigenvalue weighted by molar-refractivity contribution is 5.78. The summed E-state index contributed by atoms with van der Waals surface area (Å²) in [7, 11) is 1.57. The first kappa shape index (κ1) is 30.6. The second kappa shape index (κ2) is 10.1. The van der Waals surface area contributed by atoms with Gasteiger partial charge in [-0.15, -0.1) is 0 Å². The second-order valence-electron chi connectivity index (χ2n) is 15.7. The Hall–Kier alpha value is -1.85. The fourth-order valence-corrected chi connectivity index (χ4v) is 11.7. The fourth-order valence-electron chi connectivity index (χ4n) is 11.7. The van der Waals surface area contributed by atoms with E-state index < -0.39 is 10.8 Å². The number of allylic oxidation sites excluding steroid dienone is 2.